The molecule has 5 N–H and O–H groups in total. The van der Waals surface area contributed by atoms with Crippen molar-refractivity contribution in [2.24, 2.45) is 10.7 Å². The average molecular weight is 429 g/mol. The number of benzene rings is 2. The van der Waals surface area contributed by atoms with Crippen LogP contribution in [0.4, 0.5) is 11.8 Å². The van der Waals surface area contributed by atoms with Crippen molar-refractivity contribution in [3.05, 3.63) is 59.8 Å². The van der Waals surface area contributed by atoms with E-state index in [9.17, 15) is 0 Å². The van der Waals surface area contributed by atoms with Crippen LogP contribution in [-0.4, -0.2) is 44.6 Å². The van der Waals surface area contributed by atoms with Gasteiger partial charge < -0.3 is 16.2 Å². The molecule has 0 amide bonds. The number of hydrogen-bond donors (Lipinski definition) is 3. The highest BCUT2D eigenvalue weighted by molar-refractivity contribution is 5.95. The van der Waals surface area contributed by atoms with Gasteiger partial charge in [-0.25, -0.2) is 9.98 Å². The predicted octanol–water partition coefficient (Wildman–Crippen LogP) is 3.01. The van der Waals surface area contributed by atoms with E-state index in [1.54, 1.807) is 7.11 Å². The van der Waals surface area contributed by atoms with Crippen LogP contribution >= 0.6 is 0 Å². The molecule has 2 aromatic carbocycles. The van der Waals surface area contributed by atoms with Gasteiger partial charge in [-0.05, 0) is 12.1 Å². The van der Waals surface area contributed by atoms with Crippen molar-refractivity contribution in [2.45, 2.75) is 19.5 Å². The predicted molar refractivity (Wildman–Crippen MR) is 125 cm³/mol. The van der Waals surface area contributed by atoms with E-state index in [-0.39, 0.29) is 5.95 Å². The number of nitrogens with two attached hydrogens (primary N) is 2. The lowest BCUT2D eigenvalue weighted by atomic mass is 10.1. The van der Waals surface area contributed by atoms with Gasteiger partial charge in [-0.3, -0.25) is 10.00 Å². The van der Waals surface area contributed by atoms with Crippen LogP contribution in [0, 0.1) is 0 Å². The van der Waals surface area contributed by atoms with Crippen LogP contribution in [0.25, 0.3) is 22.2 Å². The van der Waals surface area contributed by atoms with E-state index in [0.29, 0.717) is 29.3 Å². The minimum absolute atomic E-state index is 0.132. The minimum atomic E-state index is 0.132. The van der Waals surface area contributed by atoms with Gasteiger partial charge >= 0.3 is 0 Å². The van der Waals surface area contributed by atoms with Crippen LogP contribution < -0.4 is 16.2 Å². The Morgan fingerprint density at radius 2 is 1.97 bits per heavy atom. The number of amidine groups is 1. The first-order chi connectivity index (χ1) is 15.6. The van der Waals surface area contributed by atoms with E-state index in [2.05, 4.69) is 42.2 Å². The summed E-state index contributed by atoms with van der Waals surface area (Å²) in [6, 6.07) is 15.8. The molecule has 2 aromatic heterocycles. The zero-order chi connectivity index (χ0) is 22.1. The van der Waals surface area contributed by atoms with Crippen molar-refractivity contribution in [3.63, 3.8) is 0 Å². The lowest BCUT2D eigenvalue weighted by Gasteiger charge is -2.15. The number of aromatic nitrogens is 4. The molecule has 162 valence electrons. The van der Waals surface area contributed by atoms with Crippen molar-refractivity contribution in [1.29, 1.82) is 0 Å². The monoisotopic (exact) mass is 428 g/mol. The van der Waals surface area contributed by atoms with E-state index in [0.717, 1.165) is 42.0 Å². The summed E-state index contributed by atoms with van der Waals surface area (Å²) in [6.45, 7) is 2.40. The number of fused-ring (bicyclic) bond motifs is 2. The summed E-state index contributed by atoms with van der Waals surface area (Å²) < 4.78 is 5.38. The van der Waals surface area contributed by atoms with Crippen LogP contribution in [0.1, 0.15) is 17.7 Å². The van der Waals surface area contributed by atoms with E-state index in [1.165, 1.54) is 5.56 Å². The fourth-order valence-electron chi connectivity index (χ4n) is 4.04. The Labute approximate surface area is 185 Å². The Morgan fingerprint density at radius 1 is 1.12 bits per heavy atom. The van der Waals surface area contributed by atoms with Crippen LogP contribution in [-0.2, 0) is 13.1 Å². The fourth-order valence-corrected chi connectivity index (χ4v) is 4.04. The third kappa shape index (κ3) is 3.74. The molecule has 9 nitrogen and oxygen atoms in total. The molecule has 0 aliphatic carbocycles. The summed E-state index contributed by atoms with van der Waals surface area (Å²) in [4.78, 5) is 15.4. The maximum Gasteiger partial charge on any atom is 0.222 e. The van der Waals surface area contributed by atoms with E-state index >= 15 is 0 Å². The molecule has 0 bridgehead atoms. The van der Waals surface area contributed by atoms with Gasteiger partial charge in [0.1, 0.15) is 17.1 Å². The molecule has 0 unspecified atom stereocenters. The van der Waals surface area contributed by atoms with Crippen molar-refractivity contribution >= 4 is 28.5 Å². The molecule has 4 aromatic rings. The highest BCUT2D eigenvalue weighted by Gasteiger charge is 2.25. The number of para-hydroxylation sites is 1. The number of ether oxygens (including phenoxy) is 1. The molecule has 1 aliphatic rings. The number of aliphatic imine (C=N–C) groups is 1. The lowest BCUT2D eigenvalue weighted by molar-refractivity contribution is 0.289. The third-order valence-corrected chi connectivity index (χ3v) is 5.60. The minimum Gasteiger partial charge on any atom is -0.494 e. The van der Waals surface area contributed by atoms with Crippen molar-refractivity contribution < 1.29 is 4.74 Å². The molecule has 3 heterocycles. The largest absolute Gasteiger partial charge is 0.494 e. The standard InChI is InChI=1S/C23H24N8O/c1-32-18-9-5-8-15-21(18)27-23(25)28-22(15)26-19(24)10-11-31-12-16-17(13-31)29-30-20(16)14-6-3-2-4-7-14/h2-9H,10-13H2,1H3,(H,29,30)(H4,24,25,26,27,28). The molecule has 0 radical (unpaired) electrons. The number of H-pyrrole nitrogens is 1. The van der Waals surface area contributed by atoms with Crippen molar-refractivity contribution in [3.8, 4) is 17.0 Å². The molecule has 9 heteroatoms. The smallest absolute Gasteiger partial charge is 0.222 e. The van der Waals surface area contributed by atoms with E-state index in [4.69, 9.17) is 16.2 Å². The maximum atomic E-state index is 6.27. The van der Waals surface area contributed by atoms with Crippen molar-refractivity contribution in [2.75, 3.05) is 19.4 Å². The number of rotatable bonds is 6. The highest BCUT2D eigenvalue weighted by atomic mass is 16.5. The molecule has 0 spiro atoms. The van der Waals surface area contributed by atoms with Gasteiger partial charge in [-0.1, -0.05) is 36.4 Å². The summed E-state index contributed by atoms with van der Waals surface area (Å²) in [5.74, 6) is 1.69. The van der Waals surface area contributed by atoms with Gasteiger partial charge in [0.2, 0.25) is 5.95 Å². The second-order valence-corrected chi connectivity index (χ2v) is 7.72. The second-order valence-electron chi connectivity index (χ2n) is 7.72. The van der Waals surface area contributed by atoms with E-state index in [1.807, 2.05) is 36.4 Å². The summed E-state index contributed by atoms with van der Waals surface area (Å²) in [5.41, 5.74) is 17.3. The summed E-state index contributed by atoms with van der Waals surface area (Å²) >= 11 is 0. The van der Waals surface area contributed by atoms with Gasteiger partial charge in [0.25, 0.3) is 0 Å². The van der Waals surface area contributed by atoms with Crippen molar-refractivity contribution in [1.82, 2.24) is 25.1 Å². The quantitative estimate of drug-likeness (QED) is 0.318. The van der Waals surface area contributed by atoms with Gasteiger partial charge in [-0.2, -0.15) is 10.1 Å². The van der Waals surface area contributed by atoms with Gasteiger partial charge in [0.05, 0.1) is 18.5 Å². The first kappa shape index (κ1) is 20.0. The first-order valence-corrected chi connectivity index (χ1v) is 10.4. The maximum absolute atomic E-state index is 6.27. The normalized spacial score (nSPS) is 14.1. The number of aromatic amines is 1. The zero-order valence-electron chi connectivity index (χ0n) is 17.7. The fraction of sp³-hybridized carbons (Fsp3) is 0.217. The molecular weight excluding hydrogens is 404 g/mol. The van der Waals surface area contributed by atoms with Crippen LogP contribution in [0.15, 0.2) is 53.5 Å². The Kier molecular flexibility index (Phi) is 5.16. The van der Waals surface area contributed by atoms with Gasteiger partial charge in [-0.15, -0.1) is 0 Å². The van der Waals surface area contributed by atoms with Crippen LogP contribution in [0.3, 0.4) is 0 Å². The number of nitrogens with zero attached hydrogens (tertiary/aromatic N) is 5. The lowest BCUT2D eigenvalue weighted by Crippen LogP contribution is -2.24. The number of anilines is 1. The Hall–Kier alpha value is -3.98. The molecule has 5 rings (SSSR count). The Balaban J connectivity index is 1.31. The average Bonchev–Trinajstić information content (AvgIpc) is 3.38. The Morgan fingerprint density at radius 3 is 2.78 bits per heavy atom. The summed E-state index contributed by atoms with van der Waals surface area (Å²) in [6.07, 6.45) is 0.605. The van der Waals surface area contributed by atoms with Crippen LogP contribution in [0.5, 0.6) is 5.75 Å². The van der Waals surface area contributed by atoms with Gasteiger partial charge in [0, 0.05) is 42.6 Å². The number of nitrogen functional groups attached to an aromatic ring is 1. The molecule has 0 fully saturated rings. The number of nitrogens with one attached hydrogen (secondary N) is 1. The Bertz CT molecular complexity index is 1300. The zero-order valence-corrected chi connectivity index (χ0v) is 17.7. The molecule has 1 aliphatic heterocycles. The SMILES string of the molecule is COc1cccc2c(N=C(N)CCN3Cc4[nH]nc(-c5ccccc5)c4C3)nc(N)nc12. The topological polar surface area (TPSA) is 131 Å². The van der Waals surface area contributed by atoms with Crippen LogP contribution in [0.2, 0.25) is 0 Å². The number of hydrogen-bond acceptors (Lipinski definition) is 7. The third-order valence-electron chi connectivity index (χ3n) is 5.60. The summed E-state index contributed by atoms with van der Waals surface area (Å²) in [7, 11) is 1.59. The molecule has 32 heavy (non-hydrogen) atoms. The molecule has 0 saturated heterocycles. The second kappa shape index (κ2) is 8.27. The molecule has 0 atom stereocenters. The first-order valence-electron chi connectivity index (χ1n) is 10.4. The number of methoxy groups -OCH3 is 1. The summed E-state index contributed by atoms with van der Waals surface area (Å²) in [5, 5.41) is 8.44. The molecule has 0 saturated carbocycles. The van der Waals surface area contributed by atoms with E-state index < -0.39 is 0 Å². The van der Waals surface area contributed by atoms with Gasteiger partial charge in [0.15, 0.2) is 5.82 Å². The molecular formula is C23H24N8O. The highest BCUT2D eigenvalue weighted by Crippen LogP contribution is 2.32.